The molecule has 1 aliphatic heterocycles. The molecule has 3 aromatic rings. The number of benzene rings is 1. The summed E-state index contributed by atoms with van der Waals surface area (Å²) in [6, 6.07) is 9.20. The fourth-order valence-electron chi connectivity index (χ4n) is 3.77. The van der Waals surface area contributed by atoms with Crippen LogP contribution in [0.25, 0.3) is 11.1 Å². The van der Waals surface area contributed by atoms with Crippen molar-refractivity contribution in [2.75, 3.05) is 6.54 Å². The van der Waals surface area contributed by atoms with Crippen LogP contribution in [0.15, 0.2) is 47.1 Å². The predicted octanol–water partition coefficient (Wildman–Crippen LogP) is 3.02. The van der Waals surface area contributed by atoms with Crippen molar-refractivity contribution in [2.45, 2.75) is 44.2 Å². The zero-order valence-electron chi connectivity index (χ0n) is 16.0. The lowest BCUT2D eigenvalue weighted by atomic mass is 10.1. The molecule has 2 aliphatic rings. The fourth-order valence-corrected chi connectivity index (χ4v) is 3.77. The largest absolute Gasteiger partial charge is 0.440 e. The van der Waals surface area contributed by atoms with Crippen molar-refractivity contribution in [1.29, 1.82) is 0 Å². The highest BCUT2D eigenvalue weighted by atomic mass is 16.3. The van der Waals surface area contributed by atoms with Crippen molar-refractivity contribution in [3.05, 3.63) is 59.7 Å². The molecule has 7 heteroatoms. The molecule has 0 spiro atoms. The summed E-state index contributed by atoms with van der Waals surface area (Å²) in [4.78, 5) is 35.4. The molecule has 7 nitrogen and oxygen atoms in total. The van der Waals surface area contributed by atoms with Crippen molar-refractivity contribution in [1.82, 2.24) is 20.2 Å². The van der Waals surface area contributed by atoms with Gasteiger partial charge in [-0.2, -0.15) is 0 Å². The van der Waals surface area contributed by atoms with E-state index in [1.54, 1.807) is 29.4 Å². The minimum Gasteiger partial charge on any atom is -0.440 e. The molecular weight excluding hydrogens is 368 g/mol. The van der Waals surface area contributed by atoms with Gasteiger partial charge in [-0.3, -0.25) is 14.6 Å². The Kier molecular flexibility index (Phi) is 4.50. The van der Waals surface area contributed by atoms with Crippen LogP contribution in [0.2, 0.25) is 0 Å². The van der Waals surface area contributed by atoms with Gasteiger partial charge < -0.3 is 14.6 Å². The summed E-state index contributed by atoms with van der Waals surface area (Å²) in [6.07, 6.45) is 6.95. The monoisotopic (exact) mass is 390 g/mol. The minimum absolute atomic E-state index is 0.0291. The summed E-state index contributed by atoms with van der Waals surface area (Å²) in [5.74, 6) is 1.14. The van der Waals surface area contributed by atoms with Crippen LogP contribution in [-0.4, -0.2) is 39.3 Å². The van der Waals surface area contributed by atoms with Crippen LogP contribution in [-0.2, 0) is 11.3 Å². The van der Waals surface area contributed by atoms with Crippen LogP contribution in [0.1, 0.15) is 53.4 Å². The second-order valence-electron chi connectivity index (χ2n) is 7.86. The average Bonchev–Trinajstić information content (AvgIpc) is 3.37. The first-order valence-corrected chi connectivity index (χ1v) is 10.0. The number of nitrogens with zero attached hydrogens (tertiary/aromatic N) is 3. The number of fused-ring (bicyclic) bond motifs is 1. The minimum atomic E-state index is -0.0960. The molecule has 2 aromatic heterocycles. The molecule has 148 valence electrons. The summed E-state index contributed by atoms with van der Waals surface area (Å²) < 4.78 is 5.88. The van der Waals surface area contributed by atoms with Crippen LogP contribution in [0, 0.1) is 0 Å². The van der Waals surface area contributed by atoms with E-state index in [-0.39, 0.29) is 17.9 Å². The lowest BCUT2D eigenvalue weighted by molar-refractivity contribution is -0.119. The van der Waals surface area contributed by atoms with E-state index < -0.39 is 0 Å². The van der Waals surface area contributed by atoms with Gasteiger partial charge in [-0.25, -0.2) is 4.98 Å². The van der Waals surface area contributed by atoms with E-state index in [4.69, 9.17) is 4.42 Å². The molecule has 0 unspecified atom stereocenters. The number of oxazole rings is 1. The van der Waals surface area contributed by atoms with Gasteiger partial charge in [0, 0.05) is 49.4 Å². The number of hydrogen-bond acceptors (Lipinski definition) is 5. The quantitative estimate of drug-likeness (QED) is 0.699. The van der Waals surface area contributed by atoms with Crippen molar-refractivity contribution in [3.63, 3.8) is 0 Å². The van der Waals surface area contributed by atoms with Crippen molar-refractivity contribution in [2.24, 2.45) is 0 Å². The number of aromatic nitrogens is 2. The summed E-state index contributed by atoms with van der Waals surface area (Å²) >= 11 is 0. The number of hydrogen-bond donors (Lipinski definition) is 1. The smallest absolute Gasteiger partial charge is 0.254 e. The molecule has 1 saturated heterocycles. The molecule has 2 fully saturated rings. The average molecular weight is 390 g/mol. The number of amides is 2. The molecular formula is C22H22N4O3. The number of carbonyl (C=O) groups excluding carboxylic acids is 2. The molecule has 1 N–H and O–H groups in total. The van der Waals surface area contributed by atoms with Gasteiger partial charge >= 0.3 is 0 Å². The molecule has 2 amide bonds. The van der Waals surface area contributed by atoms with E-state index in [0.29, 0.717) is 36.6 Å². The highest BCUT2D eigenvalue weighted by Gasteiger charge is 2.30. The molecule has 29 heavy (non-hydrogen) atoms. The zero-order chi connectivity index (χ0) is 19.8. The Hall–Kier alpha value is -3.22. The first-order chi connectivity index (χ1) is 14.2. The first-order valence-electron chi connectivity index (χ1n) is 10.0. The Morgan fingerprint density at radius 1 is 1.24 bits per heavy atom. The SMILES string of the molecule is O=C1CC[C@@H](CN(Cc2cccnc2)C(=O)c2ccc3nc(C4CC4)oc3c2)N1. The Morgan fingerprint density at radius 3 is 2.86 bits per heavy atom. The Bertz CT molecular complexity index is 1060. The van der Waals surface area contributed by atoms with E-state index >= 15 is 0 Å². The van der Waals surface area contributed by atoms with Crippen LogP contribution in [0.5, 0.6) is 0 Å². The maximum Gasteiger partial charge on any atom is 0.254 e. The number of nitrogens with one attached hydrogen (secondary N) is 1. The van der Waals surface area contributed by atoms with Gasteiger partial charge in [-0.1, -0.05) is 6.07 Å². The normalized spacial score (nSPS) is 18.8. The standard InChI is InChI=1S/C22H22N4O3/c27-20-8-6-17(24-20)13-26(12-14-2-1-9-23-11-14)22(28)16-5-7-18-19(10-16)29-21(25-18)15-3-4-15/h1-2,5,7,9-11,15,17H,3-4,6,8,12-13H2,(H,24,27)/t17-/m0/s1. The summed E-state index contributed by atoms with van der Waals surface area (Å²) in [5.41, 5.74) is 2.93. The number of pyridine rings is 1. The van der Waals surface area contributed by atoms with E-state index in [0.717, 1.165) is 36.2 Å². The van der Waals surface area contributed by atoms with Gasteiger partial charge in [0.2, 0.25) is 5.91 Å². The molecule has 0 radical (unpaired) electrons. The Balaban J connectivity index is 1.41. The fraction of sp³-hybridized carbons (Fsp3) is 0.364. The van der Waals surface area contributed by atoms with E-state index in [1.165, 1.54) is 0 Å². The van der Waals surface area contributed by atoms with Gasteiger partial charge in [0.1, 0.15) is 5.52 Å². The zero-order valence-corrected chi connectivity index (χ0v) is 16.0. The topological polar surface area (TPSA) is 88.3 Å². The number of carbonyl (C=O) groups is 2. The molecule has 3 heterocycles. The van der Waals surface area contributed by atoms with Crippen LogP contribution < -0.4 is 5.32 Å². The third-order valence-electron chi connectivity index (χ3n) is 5.49. The van der Waals surface area contributed by atoms with Gasteiger partial charge in [0.25, 0.3) is 5.91 Å². The summed E-state index contributed by atoms with van der Waals surface area (Å²) in [6.45, 7) is 0.891. The van der Waals surface area contributed by atoms with Gasteiger partial charge in [0.05, 0.1) is 0 Å². The van der Waals surface area contributed by atoms with Gasteiger partial charge in [-0.05, 0) is 49.1 Å². The third kappa shape index (κ3) is 3.85. The molecule has 5 rings (SSSR count). The Morgan fingerprint density at radius 2 is 2.14 bits per heavy atom. The van der Waals surface area contributed by atoms with E-state index in [9.17, 15) is 9.59 Å². The number of rotatable bonds is 6. The van der Waals surface area contributed by atoms with E-state index in [2.05, 4.69) is 15.3 Å². The van der Waals surface area contributed by atoms with Crippen molar-refractivity contribution in [3.8, 4) is 0 Å². The molecule has 1 saturated carbocycles. The molecule has 1 aliphatic carbocycles. The summed E-state index contributed by atoms with van der Waals surface area (Å²) in [7, 11) is 0. The second-order valence-corrected chi connectivity index (χ2v) is 7.86. The molecule has 1 atom stereocenters. The second kappa shape index (κ2) is 7.31. The van der Waals surface area contributed by atoms with Crippen molar-refractivity contribution >= 4 is 22.9 Å². The Labute approximate surface area is 168 Å². The maximum absolute atomic E-state index is 13.3. The van der Waals surface area contributed by atoms with Crippen LogP contribution in [0.3, 0.4) is 0 Å². The highest BCUT2D eigenvalue weighted by molar-refractivity contribution is 5.97. The lowest BCUT2D eigenvalue weighted by Gasteiger charge is -2.26. The predicted molar refractivity (Wildman–Crippen MR) is 106 cm³/mol. The highest BCUT2D eigenvalue weighted by Crippen LogP contribution is 2.40. The first kappa shape index (κ1) is 17.8. The lowest BCUT2D eigenvalue weighted by Crippen LogP contribution is -2.41. The maximum atomic E-state index is 13.3. The van der Waals surface area contributed by atoms with Gasteiger partial charge in [0.15, 0.2) is 11.5 Å². The van der Waals surface area contributed by atoms with Crippen molar-refractivity contribution < 1.29 is 14.0 Å². The molecule has 1 aromatic carbocycles. The third-order valence-corrected chi connectivity index (χ3v) is 5.49. The van der Waals surface area contributed by atoms with Gasteiger partial charge in [-0.15, -0.1) is 0 Å². The summed E-state index contributed by atoms with van der Waals surface area (Å²) in [5, 5.41) is 2.95. The van der Waals surface area contributed by atoms with E-state index in [1.807, 2.05) is 18.2 Å². The van der Waals surface area contributed by atoms with Crippen LogP contribution in [0.4, 0.5) is 0 Å². The molecule has 0 bridgehead atoms. The van der Waals surface area contributed by atoms with Crippen LogP contribution >= 0.6 is 0 Å².